The van der Waals surface area contributed by atoms with Gasteiger partial charge in [0.2, 0.25) is 10.0 Å². The van der Waals surface area contributed by atoms with Gasteiger partial charge in [-0.15, -0.1) is 5.10 Å². The summed E-state index contributed by atoms with van der Waals surface area (Å²) >= 11 is 0. The van der Waals surface area contributed by atoms with E-state index in [1.54, 1.807) is 6.92 Å². The second kappa shape index (κ2) is 6.56. The zero-order chi connectivity index (χ0) is 16.4. The minimum absolute atomic E-state index is 0.0857. The van der Waals surface area contributed by atoms with Crippen molar-refractivity contribution < 1.29 is 17.9 Å². The van der Waals surface area contributed by atoms with Gasteiger partial charge in [0.15, 0.2) is 5.69 Å². The fourth-order valence-electron chi connectivity index (χ4n) is 3.22. The van der Waals surface area contributed by atoms with E-state index >= 15 is 0 Å². The molecule has 2 fully saturated rings. The van der Waals surface area contributed by atoms with Gasteiger partial charge in [-0.25, -0.2) is 13.2 Å². The van der Waals surface area contributed by atoms with Gasteiger partial charge in [-0.05, 0) is 38.5 Å². The highest BCUT2D eigenvalue weighted by Crippen LogP contribution is 2.37. The second-order valence-corrected chi connectivity index (χ2v) is 8.09. The molecule has 1 saturated heterocycles. The van der Waals surface area contributed by atoms with Crippen molar-refractivity contribution >= 4 is 16.0 Å². The summed E-state index contributed by atoms with van der Waals surface area (Å²) < 4.78 is 31.9. The Balaban J connectivity index is 1.82. The van der Waals surface area contributed by atoms with Crippen molar-refractivity contribution in [2.24, 2.45) is 5.92 Å². The van der Waals surface area contributed by atoms with Crippen LogP contribution in [-0.2, 0) is 14.8 Å². The van der Waals surface area contributed by atoms with Crippen LogP contribution < -0.4 is 0 Å². The molecule has 1 unspecified atom stereocenters. The Bertz CT molecular complexity index is 668. The van der Waals surface area contributed by atoms with E-state index in [1.165, 1.54) is 4.31 Å². The topological polar surface area (TPSA) is 105 Å². The van der Waals surface area contributed by atoms with E-state index in [0.29, 0.717) is 18.7 Å². The molecule has 128 valence electrons. The Hall–Kier alpha value is -1.48. The van der Waals surface area contributed by atoms with Crippen LogP contribution in [0.5, 0.6) is 0 Å². The van der Waals surface area contributed by atoms with Crippen LogP contribution in [0.3, 0.4) is 0 Å². The smallest absolute Gasteiger partial charge is 0.360 e. The number of hydrogen-bond donors (Lipinski definition) is 1. The van der Waals surface area contributed by atoms with E-state index in [0.717, 1.165) is 25.7 Å². The molecule has 2 aliphatic rings. The molecule has 1 aliphatic carbocycles. The molecule has 23 heavy (non-hydrogen) atoms. The number of sulfonamides is 1. The lowest BCUT2D eigenvalue weighted by Crippen LogP contribution is -2.37. The van der Waals surface area contributed by atoms with E-state index in [4.69, 9.17) is 4.74 Å². The van der Waals surface area contributed by atoms with Crippen molar-refractivity contribution in [3.63, 3.8) is 0 Å². The van der Waals surface area contributed by atoms with E-state index in [9.17, 15) is 13.2 Å². The molecule has 2 heterocycles. The van der Waals surface area contributed by atoms with Gasteiger partial charge in [0.05, 0.1) is 18.4 Å². The third-order valence-electron chi connectivity index (χ3n) is 4.59. The Morgan fingerprint density at radius 3 is 2.74 bits per heavy atom. The molecule has 1 N–H and O–H groups in total. The van der Waals surface area contributed by atoms with Crippen LogP contribution in [0, 0.1) is 5.92 Å². The third-order valence-corrected chi connectivity index (χ3v) is 6.64. The van der Waals surface area contributed by atoms with Crippen LogP contribution in [0.4, 0.5) is 0 Å². The monoisotopic (exact) mass is 342 g/mol. The molecule has 0 bridgehead atoms. The first-order chi connectivity index (χ1) is 11.0. The number of ether oxygens (including phenoxy) is 1. The lowest BCUT2D eigenvalue weighted by atomic mass is 9.87. The number of carbonyl (C=O) groups is 1. The van der Waals surface area contributed by atoms with Crippen molar-refractivity contribution in [2.45, 2.75) is 45.1 Å². The van der Waals surface area contributed by atoms with Gasteiger partial charge in [-0.2, -0.15) is 14.6 Å². The van der Waals surface area contributed by atoms with Gasteiger partial charge >= 0.3 is 5.97 Å². The van der Waals surface area contributed by atoms with E-state index in [-0.39, 0.29) is 24.0 Å². The molecule has 8 nitrogen and oxygen atoms in total. The highest BCUT2D eigenvalue weighted by atomic mass is 32.2. The van der Waals surface area contributed by atoms with Crippen molar-refractivity contribution in [1.29, 1.82) is 0 Å². The number of nitrogens with zero attached hydrogens (tertiary/aromatic N) is 3. The summed E-state index contributed by atoms with van der Waals surface area (Å²) in [5.41, 5.74) is 0.459. The van der Waals surface area contributed by atoms with Crippen molar-refractivity contribution in [3.8, 4) is 0 Å². The van der Waals surface area contributed by atoms with Gasteiger partial charge < -0.3 is 4.74 Å². The normalized spacial score (nSPS) is 22.9. The van der Waals surface area contributed by atoms with E-state index in [1.807, 2.05) is 0 Å². The molecular formula is C14H22N4O4S. The number of rotatable bonds is 6. The van der Waals surface area contributed by atoms with E-state index in [2.05, 4.69) is 15.4 Å². The minimum Gasteiger partial charge on any atom is -0.461 e. The number of carbonyl (C=O) groups excluding carboxylic acids is 1. The van der Waals surface area contributed by atoms with Gasteiger partial charge in [-0.3, -0.25) is 0 Å². The van der Waals surface area contributed by atoms with Crippen molar-refractivity contribution in [2.75, 3.05) is 18.9 Å². The fraction of sp³-hybridized carbons (Fsp3) is 0.786. The molecular weight excluding hydrogens is 320 g/mol. The lowest BCUT2D eigenvalue weighted by molar-refractivity contribution is 0.0516. The molecule has 3 rings (SSSR count). The maximum Gasteiger partial charge on any atom is 0.360 e. The molecule has 1 aliphatic heterocycles. The summed E-state index contributed by atoms with van der Waals surface area (Å²) in [5.74, 6) is -0.113. The zero-order valence-electron chi connectivity index (χ0n) is 13.2. The highest BCUT2D eigenvalue weighted by Gasteiger charge is 2.40. The Morgan fingerprint density at radius 2 is 2.09 bits per heavy atom. The molecule has 1 aromatic rings. The Kier molecular flexibility index (Phi) is 4.67. The zero-order valence-corrected chi connectivity index (χ0v) is 14.0. The first kappa shape index (κ1) is 16.4. The van der Waals surface area contributed by atoms with Crippen molar-refractivity contribution in [3.05, 3.63) is 11.4 Å². The molecule has 9 heteroatoms. The number of H-pyrrole nitrogens is 1. The van der Waals surface area contributed by atoms with Gasteiger partial charge in [-0.1, -0.05) is 6.42 Å². The predicted octanol–water partition coefficient (Wildman–Crippen LogP) is 1.25. The molecule has 1 saturated carbocycles. The summed E-state index contributed by atoms with van der Waals surface area (Å²) in [6.45, 7) is 2.41. The lowest BCUT2D eigenvalue weighted by Gasteiger charge is -2.29. The number of aromatic amines is 1. The summed E-state index contributed by atoms with van der Waals surface area (Å²) in [6.07, 6.45) is 4.47. The second-order valence-electron chi connectivity index (χ2n) is 6.12. The van der Waals surface area contributed by atoms with Gasteiger partial charge in [0.25, 0.3) is 0 Å². The van der Waals surface area contributed by atoms with Crippen LogP contribution in [-0.4, -0.2) is 53.0 Å². The van der Waals surface area contributed by atoms with Gasteiger partial charge in [0, 0.05) is 6.54 Å². The molecule has 0 radical (unpaired) electrons. The first-order valence-electron chi connectivity index (χ1n) is 8.10. The summed E-state index contributed by atoms with van der Waals surface area (Å²) in [5, 5.41) is 10.3. The SMILES string of the molecule is CCOC(=O)c1n[nH]nc1C1CCCN1S(=O)(=O)CC1CCC1. The number of hydrogen-bond acceptors (Lipinski definition) is 6. The van der Waals surface area contributed by atoms with Crippen LogP contribution >= 0.6 is 0 Å². The van der Waals surface area contributed by atoms with Crippen molar-refractivity contribution in [1.82, 2.24) is 19.7 Å². The number of aromatic nitrogens is 3. The molecule has 0 spiro atoms. The third kappa shape index (κ3) is 3.25. The maximum absolute atomic E-state index is 12.7. The maximum atomic E-state index is 12.7. The Labute approximate surface area is 135 Å². The number of nitrogens with one attached hydrogen (secondary N) is 1. The van der Waals surface area contributed by atoms with Gasteiger partial charge in [0.1, 0.15) is 5.69 Å². The molecule has 0 aromatic carbocycles. The van der Waals surface area contributed by atoms with Crippen LogP contribution in [0.2, 0.25) is 0 Å². The molecule has 1 aromatic heterocycles. The summed E-state index contributed by atoms with van der Waals surface area (Å²) in [6, 6.07) is -0.432. The highest BCUT2D eigenvalue weighted by molar-refractivity contribution is 7.89. The van der Waals surface area contributed by atoms with E-state index < -0.39 is 22.0 Å². The minimum atomic E-state index is -3.35. The first-order valence-corrected chi connectivity index (χ1v) is 9.71. The van der Waals surface area contributed by atoms with Crippen LogP contribution in [0.15, 0.2) is 0 Å². The number of esters is 1. The molecule has 0 amide bonds. The summed E-state index contributed by atoms with van der Waals surface area (Å²) in [4.78, 5) is 12.0. The summed E-state index contributed by atoms with van der Waals surface area (Å²) in [7, 11) is -3.35. The average molecular weight is 342 g/mol. The fourth-order valence-corrected chi connectivity index (χ4v) is 5.34. The largest absolute Gasteiger partial charge is 0.461 e. The van der Waals surface area contributed by atoms with Crippen LogP contribution in [0.25, 0.3) is 0 Å². The standard InChI is InChI=1S/C14H22N4O4S/c1-2-22-14(19)13-12(15-17-16-13)11-7-4-8-18(11)23(20,21)9-10-5-3-6-10/h10-11H,2-9H2,1H3,(H,15,16,17). The Morgan fingerprint density at radius 1 is 1.30 bits per heavy atom. The van der Waals surface area contributed by atoms with Crippen LogP contribution in [0.1, 0.15) is 61.3 Å². The quantitative estimate of drug-likeness (QED) is 0.780. The predicted molar refractivity (Wildman–Crippen MR) is 82.1 cm³/mol. The molecule has 1 atom stereocenters. The average Bonchev–Trinajstić information content (AvgIpc) is 3.11.